The fourth-order valence-corrected chi connectivity index (χ4v) is 4.02. The molecule has 0 saturated carbocycles. The second kappa shape index (κ2) is 8.12. The molecule has 28 heavy (non-hydrogen) atoms. The molecule has 2 heterocycles. The third-order valence-electron chi connectivity index (χ3n) is 4.44. The van der Waals surface area contributed by atoms with Crippen molar-refractivity contribution in [1.82, 2.24) is 4.98 Å². The molecular weight excluding hydrogens is 394 g/mol. The molecule has 0 N–H and O–H groups in total. The molecule has 1 aromatic heterocycles. The summed E-state index contributed by atoms with van der Waals surface area (Å²) >= 11 is 7.44. The van der Waals surface area contributed by atoms with Crippen molar-refractivity contribution in [1.29, 1.82) is 0 Å². The van der Waals surface area contributed by atoms with Crippen molar-refractivity contribution in [3.63, 3.8) is 0 Å². The Morgan fingerprint density at radius 3 is 2.68 bits per heavy atom. The van der Waals surface area contributed by atoms with E-state index in [4.69, 9.17) is 21.4 Å². The number of esters is 1. The molecule has 0 saturated heterocycles. The minimum Gasteiger partial charge on any atom is -0.461 e. The first-order valence-corrected chi connectivity index (χ1v) is 10.2. The highest BCUT2D eigenvalue weighted by molar-refractivity contribution is 7.13. The summed E-state index contributed by atoms with van der Waals surface area (Å²) in [5, 5.41) is 9.79. The minimum atomic E-state index is -0.417. The number of halogens is 1. The monoisotopic (exact) mass is 411 g/mol. The van der Waals surface area contributed by atoms with Crippen LogP contribution in [0, 0.1) is 0 Å². The summed E-state index contributed by atoms with van der Waals surface area (Å²) in [6, 6.07) is 17.8. The number of hydrogen-bond donors (Lipinski definition) is 0. The van der Waals surface area contributed by atoms with E-state index in [1.54, 1.807) is 12.3 Å². The number of carbonyl (C=O) groups excluding carboxylic acids is 1. The maximum Gasteiger partial charge on any atom is 0.357 e. The quantitative estimate of drug-likeness (QED) is 0.532. The number of ether oxygens (including phenoxy) is 1. The first-order valence-electron chi connectivity index (χ1n) is 8.96. The van der Waals surface area contributed by atoms with Gasteiger partial charge in [-0.3, -0.25) is 0 Å². The molecular formula is C21H18ClN3O2S. The first-order chi connectivity index (χ1) is 13.7. The molecule has 0 aliphatic carbocycles. The van der Waals surface area contributed by atoms with Gasteiger partial charge in [0, 0.05) is 16.8 Å². The van der Waals surface area contributed by atoms with Crippen LogP contribution in [0.5, 0.6) is 0 Å². The molecule has 0 bridgehead atoms. The van der Waals surface area contributed by atoms with Gasteiger partial charge in [0.15, 0.2) is 5.69 Å². The van der Waals surface area contributed by atoms with Crippen molar-refractivity contribution in [3.8, 4) is 0 Å². The number of nitrogens with zero attached hydrogens (tertiary/aromatic N) is 3. The van der Waals surface area contributed by atoms with Gasteiger partial charge in [-0.15, -0.1) is 11.3 Å². The summed E-state index contributed by atoms with van der Waals surface area (Å²) in [5.41, 5.74) is 3.45. The number of thiazole rings is 1. The lowest BCUT2D eigenvalue weighted by molar-refractivity contribution is 0.0520. The molecule has 5 nitrogen and oxygen atoms in total. The lowest BCUT2D eigenvalue weighted by Gasteiger charge is -2.21. The first kappa shape index (κ1) is 18.7. The van der Waals surface area contributed by atoms with E-state index < -0.39 is 5.97 Å². The Hall–Kier alpha value is -2.70. The van der Waals surface area contributed by atoms with Gasteiger partial charge in [0.05, 0.1) is 18.4 Å². The van der Waals surface area contributed by atoms with Crippen LogP contribution in [0.3, 0.4) is 0 Å². The van der Waals surface area contributed by atoms with Gasteiger partial charge in [-0.25, -0.2) is 14.8 Å². The summed E-state index contributed by atoms with van der Waals surface area (Å²) in [6.07, 6.45) is 0.736. The van der Waals surface area contributed by atoms with Crippen LogP contribution < -0.4 is 5.01 Å². The summed E-state index contributed by atoms with van der Waals surface area (Å²) in [4.78, 5) is 16.5. The van der Waals surface area contributed by atoms with Crippen LogP contribution >= 0.6 is 22.9 Å². The molecule has 0 radical (unpaired) electrons. The molecule has 7 heteroatoms. The smallest absolute Gasteiger partial charge is 0.357 e. The third kappa shape index (κ3) is 3.79. The molecule has 2 aromatic carbocycles. The van der Waals surface area contributed by atoms with Crippen molar-refractivity contribution in [2.24, 2.45) is 5.10 Å². The third-order valence-corrected chi connectivity index (χ3v) is 5.53. The van der Waals surface area contributed by atoms with Gasteiger partial charge in [-0.1, -0.05) is 54.1 Å². The van der Waals surface area contributed by atoms with Gasteiger partial charge in [0.25, 0.3) is 0 Å². The van der Waals surface area contributed by atoms with E-state index in [9.17, 15) is 4.79 Å². The Morgan fingerprint density at radius 2 is 1.96 bits per heavy atom. The lowest BCUT2D eigenvalue weighted by Crippen LogP contribution is -2.18. The normalized spacial score (nSPS) is 16.1. The predicted molar refractivity (Wildman–Crippen MR) is 112 cm³/mol. The zero-order valence-electron chi connectivity index (χ0n) is 15.2. The van der Waals surface area contributed by atoms with Gasteiger partial charge in [-0.2, -0.15) is 5.10 Å². The van der Waals surface area contributed by atoms with Crippen LogP contribution in [0.2, 0.25) is 5.02 Å². The number of aromatic nitrogens is 1. The number of hydrazone groups is 1. The zero-order valence-corrected chi connectivity index (χ0v) is 16.8. The minimum absolute atomic E-state index is 0.0198. The number of anilines is 1. The zero-order chi connectivity index (χ0) is 19.5. The number of carbonyl (C=O) groups is 1. The van der Waals surface area contributed by atoms with E-state index in [1.807, 2.05) is 59.6 Å². The lowest BCUT2D eigenvalue weighted by atomic mass is 9.99. The molecule has 3 aromatic rings. The SMILES string of the molecule is CCOC(=O)c1csc(N2N=C(c3ccccc3)CC2c2ccc(Cl)cc2)n1. The molecule has 1 unspecified atom stereocenters. The van der Waals surface area contributed by atoms with E-state index in [-0.39, 0.29) is 6.04 Å². The number of hydrogen-bond acceptors (Lipinski definition) is 6. The van der Waals surface area contributed by atoms with Crippen molar-refractivity contribution in [2.75, 3.05) is 11.6 Å². The summed E-state index contributed by atoms with van der Waals surface area (Å²) in [7, 11) is 0. The Balaban J connectivity index is 1.70. The number of benzene rings is 2. The van der Waals surface area contributed by atoms with Crippen LogP contribution in [0.25, 0.3) is 0 Å². The van der Waals surface area contributed by atoms with Crippen molar-refractivity contribution in [3.05, 3.63) is 81.8 Å². The molecule has 1 aliphatic heterocycles. The van der Waals surface area contributed by atoms with Crippen LogP contribution in [0.1, 0.15) is 41.0 Å². The Kier molecular flexibility index (Phi) is 5.41. The van der Waals surface area contributed by atoms with Gasteiger partial charge >= 0.3 is 5.97 Å². The maximum absolute atomic E-state index is 12.0. The molecule has 4 rings (SSSR count). The van der Waals surface area contributed by atoms with E-state index in [0.717, 1.165) is 23.3 Å². The molecule has 0 amide bonds. The highest BCUT2D eigenvalue weighted by atomic mass is 35.5. The van der Waals surface area contributed by atoms with E-state index in [0.29, 0.717) is 22.5 Å². The largest absolute Gasteiger partial charge is 0.461 e. The summed E-state index contributed by atoms with van der Waals surface area (Å²) in [5.74, 6) is -0.417. The van der Waals surface area contributed by atoms with Crippen LogP contribution in [-0.2, 0) is 4.74 Å². The fraction of sp³-hybridized carbons (Fsp3) is 0.190. The van der Waals surface area contributed by atoms with Gasteiger partial charge < -0.3 is 4.74 Å². The Bertz CT molecular complexity index is 1000. The molecule has 0 spiro atoms. The molecule has 142 valence electrons. The second-order valence-electron chi connectivity index (χ2n) is 6.26. The molecule has 1 aliphatic rings. The Morgan fingerprint density at radius 1 is 1.21 bits per heavy atom. The average Bonchev–Trinajstić information content (AvgIpc) is 3.37. The van der Waals surface area contributed by atoms with E-state index in [1.165, 1.54) is 11.3 Å². The van der Waals surface area contributed by atoms with Crippen LogP contribution in [0.15, 0.2) is 65.1 Å². The summed E-state index contributed by atoms with van der Waals surface area (Å²) in [6.45, 7) is 2.10. The van der Waals surface area contributed by atoms with Crippen molar-refractivity contribution < 1.29 is 9.53 Å². The molecule has 1 atom stereocenters. The Labute approximate surface area is 172 Å². The van der Waals surface area contributed by atoms with E-state index in [2.05, 4.69) is 4.98 Å². The number of rotatable bonds is 5. The highest BCUT2D eigenvalue weighted by Crippen LogP contribution is 2.38. The standard InChI is InChI=1S/C21H18ClN3O2S/c1-2-27-20(26)18-13-28-21(23-18)25-19(15-8-10-16(22)11-9-15)12-17(24-25)14-6-4-3-5-7-14/h3-11,13,19H,2,12H2,1H3. The van der Waals surface area contributed by atoms with Gasteiger partial charge in [-0.05, 0) is 30.2 Å². The average molecular weight is 412 g/mol. The van der Waals surface area contributed by atoms with Crippen molar-refractivity contribution >= 4 is 39.8 Å². The van der Waals surface area contributed by atoms with Gasteiger partial charge in [0.2, 0.25) is 5.13 Å². The predicted octanol–water partition coefficient (Wildman–Crippen LogP) is 5.33. The second-order valence-corrected chi connectivity index (χ2v) is 7.54. The van der Waals surface area contributed by atoms with Gasteiger partial charge in [0.1, 0.15) is 0 Å². The van der Waals surface area contributed by atoms with E-state index >= 15 is 0 Å². The topological polar surface area (TPSA) is 54.8 Å². The van der Waals surface area contributed by atoms with Crippen LogP contribution in [0.4, 0.5) is 5.13 Å². The molecule has 0 fully saturated rings. The maximum atomic E-state index is 12.0. The van der Waals surface area contributed by atoms with Crippen LogP contribution in [-0.4, -0.2) is 23.3 Å². The summed E-state index contributed by atoms with van der Waals surface area (Å²) < 4.78 is 5.06. The van der Waals surface area contributed by atoms with Crippen molar-refractivity contribution in [2.45, 2.75) is 19.4 Å². The fourth-order valence-electron chi connectivity index (χ4n) is 3.10. The highest BCUT2D eigenvalue weighted by Gasteiger charge is 2.32.